The van der Waals surface area contributed by atoms with Crippen LogP contribution in [0.5, 0.6) is 0 Å². The third kappa shape index (κ3) is 6.46. The van der Waals surface area contributed by atoms with Gasteiger partial charge in [0.15, 0.2) is 0 Å². The molecule has 1 aliphatic heterocycles. The highest BCUT2D eigenvalue weighted by Crippen LogP contribution is 2.24. The number of thioether (sulfide) groups is 1. The summed E-state index contributed by atoms with van der Waals surface area (Å²) in [5, 5.41) is 6.20. The van der Waals surface area contributed by atoms with Crippen LogP contribution in [0, 0.1) is 6.92 Å². The van der Waals surface area contributed by atoms with Crippen molar-refractivity contribution in [3.05, 3.63) is 75.7 Å². The molecule has 2 amide bonds. The van der Waals surface area contributed by atoms with E-state index < -0.39 is 0 Å². The number of nitrogens with one attached hydrogen (secondary N) is 1. The summed E-state index contributed by atoms with van der Waals surface area (Å²) in [7, 11) is 0. The second kappa shape index (κ2) is 11.6. The average molecular weight is 495 g/mol. The number of nitrogens with zero attached hydrogens (tertiary/aromatic N) is 3. The highest BCUT2D eigenvalue weighted by Gasteiger charge is 2.23. The summed E-state index contributed by atoms with van der Waals surface area (Å²) < 4.78 is 0. The van der Waals surface area contributed by atoms with Gasteiger partial charge in [-0.1, -0.05) is 25.1 Å². The molecule has 1 aliphatic rings. The molecule has 0 saturated carbocycles. The van der Waals surface area contributed by atoms with Crippen LogP contribution in [0.3, 0.4) is 0 Å². The van der Waals surface area contributed by atoms with E-state index in [2.05, 4.69) is 27.5 Å². The molecule has 178 valence electrons. The lowest BCUT2D eigenvalue weighted by Gasteiger charge is -2.34. The molecule has 0 atom stereocenters. The predicted octanol–water partition coefficient (Wildman–Crippen LogP) is 4.70. The summed E-state index contributed by atoms with van der Waals surface area (Å²) in [6, 6.07) is 15.7. The van der Waals surface area contributed by atoms with Gasteiger partial charge in [0.1, 0.15) is 0 Å². The Kier molecular flexibility index (Phi) is 8.37. The van der Waals surface area contributed by atoms with Crippen LogP contribution < -0.4 is 5.32 Å². The van der Waals surface area contributed by atoms with E-state index in [4.69, 9.17) is 0 Å². The Bertz CT molecular complexity index is 1120. The molecule has 1 fully saturated rings. The number of carbonyl (C=O) groups excluding carboxylic acids is 2. The minimum atomic E-state index is -0.0124. The number of carbonyl (C=O) groups is 2. The SMILES string of the molecule is CCc1ccccc1NC(=O)CN1CCN(C(=O)c2ccc(SCc3csc(C)n3)cc2)CC1. The number of para-hydroxylation sites is 1. The van der Waals surface area contributed by atoms with Gasteiger partial charge in [-0.3, -0.25) is 14.5 Å². The summed E-state index contributed by atoms with van der Waals surface area (Å²) in [5.41, 5.74) is 3.81. The second-order valence-electron chi connectivity index (χ2n) is 8.30. The average Bonchev–Trinajstić information content (AvgIpc) is 3.28. The molecule has 4 rings (SSSR count). The molecule has 3 aromatic rings. The van der Waals surface area contributed by atoms with E-state index in [1.165, 1.54) is 0 Å². The van der Waals surface area contributed by atoms with Gasteiger partial charge < -0.3 is 10.2 Å². The first kappa shape index (κ1) is 24.4. The van der Waals surface area contributed by atoms with Crippen molar-refractivity contribution in [1.29, 1.82) is 0 Å². The van der Waals surface area contributed by atoms with Crippen molar-refractivity contribution < 1.29 is 9.59 Å². The maximum absolute atomic E-state index is 12.9. The third-order valence-corrected chi connectivity index (χ3v) is 7.72. The van der Waals surface area contributed by atoms with Gasteiger partial charge in [-0.05, 0) is 49.2 Å². The van der Waals surface area contributed by atoms with Crippen molar-refractivity contribution in [2.75, 3.05) is 38.0 Å². The van der Waals surface area contributed by atoms with E-state index in [1.54, 1.807) is 23.1 Å². The van der Waals surface area contributed by atoms with Gasteiger partial charge in [0.25, 0.3) is 5.91 Å². The lowest BCUT2D eigenvalue weighted by molar-refractivity contribution is -0.117. The molecule has 0 radical (unpaired) electrons. The smallest absolute Gasteiger partial charge is 0.253 e. The number of benzene rings is 2. The maximum Gasteiger partial charge on any atom is 0.253 e. The van der Waals surface area contributed by atoms with Crippen molar-refractivity contribution >= 4 is 40.6 Å². The first-order valence-corrected chi connectivity index (χ1v) is 13.4. The van der Waals surface area contributed by atoms with Crippen LogP contribution >= 0.6 is 23.1 Å². The minimum Gasteiger partial charge on any atom is -0.336 e. The van der Waals surface area contributed by atoms with Crippen molar-refractivity contribution in [2.45, 2.75) is 30.9 Å². The Balaban J connectivity index is 1.23. The second-order valence-corrected chi connectivity index (χ2v) is 10.4. The van der Waals surface area contributed by atoms with Crippen LogP contribution in [-0.2, 0) is 17.0 Å². The summed E-state index contributed by atoms with van der Waals surface area (Å²) in [6.45, 7) is 7.06. The van der Waals surface area contributed by atoms with Crippen molar-refractivity contribution in [3.63, 3.8) is 0 Å². The molecule has 1 N–H and O–H groups in total. The summed E-state index contributed by atoms with van der Waals surface area (Å²) >= 11 is 3.39. The largest absolute Gasteiger partial charge is 0.336 e. The monoisotopic (exact) mass is 494 g/mol. The van der Waals surface area contributed by atoms with E-state index >= 15 is 0 Å². The van der Waals surface area contributed by atoms with Crippen LogP contribution in [-0.4, -0.2) is 59.3 Å². The van der Waals surface area contributed by atoms with Crippen LogP contribution in [0.25, 0.3) is 0 Å². The fraction of sp³-hybridized carbons (Fsp3) is 0.346. The quantitative estimate of drug-likeness (QED) is 0.460. The maximum atomic E-state index is 12.9. The molecule has 0 unspecified atom stereocenters. The third-order valence-electron chi connectivity index (χ3n) is 5.85. The van der Waals surface area contributed by atoms with Gasteiger partial charge in [-0.15, -0.1) is 23.1 Å². The molecule has 2 heterocycles. The Morgan fingerprint density at radius 1 is 1.06 bits per heavy atom. The van der Waals surface area contributed by atoms with Crippen LogP contribution in [0.2, 0.25) is 0 Å². The molecule has 0 bridgehead atoms. The number of thiazole rings is 1. The van der Waals surface area contributed by atoms with Crippen molar-refractivity contribution in [3.8, 4) is 0 Å². The number of piperazine rings is 1. The van der Waals surface area contributed by atoms with Gasteiger partial charge in [0.2, 0.25) is 5.91 Å². The first-order valence-electron chi connectivity index (χ1n) is 11.5. The Morgan fingerprint density at radius 3 is 2.47 bits per heavy atom. The van der Waals surface area contributed by atoms with E-state index in [0.717, 1.165) is 39.0 Å². The van der Waals surface area contributed by atoms with Gasteiger partial charge in [0.05, 0.1) is 17.2 Å². The molecule has 34 heavy (non-hydrogen) atoms. The summed E-state index contributed by atoms with van der Waals surface area (Å²) in [6.07, 6.45) is 0.877. The minimum absolute atomic E-state index is 0.0124. The predicted molar refractivity (Wildman–Crippen MR) is 140 cm³/mol. The topological polar surface area (TPSA) is 65.5 Å². The first-order chi connectivity index (χ1) is 16.5. The Hall–Kier alpha value is -2.68. The molecule has 8 heteroatoms. The molecular formula is C26H30N4O2S2. The number of rotatable bonds is 8. The van der Waals surface area contributed by atoms with E-state index in [-0.39, 0.29) is 11.8 Å². The van der Waals surface area contributed by atoms with E-state index in [9.17, 15) is 9.59 Å². The number of hydrogen-bond acceptors (Lipinski definition) is 6. The number of amides is 2. The Labute approximate surface area is 209 Å². The Morgan fingerprint density at radius 2 is 1.79 bits per heavy atom. The van der Waals surface area contributed by atoms with Crippen LogP contribution in [0.4, 0.5) is 5.69 Å². The zero-order chi connectivity index (χ0) is 23.9. The molecule has 0 aliphatic carbocycles. The van der Waals surface area contributed by atoms with Gasteiger partial charge in [-0.2, -0.15) is 0 Å². The molecule has 0 spiro atoms. The molecule has 1 saturated heterocycles. The highest BCUT2D eigenvalue weighted by molar-refractivity contribution is 7.98. The standard InChI is InChI=1S/C26H30N4O2S2/c1-3-20-6-4-5-7-24(20)28-25(31)16-29-12-14-30(15-13-29)26(32)21-8-10-23(11-9-21)34-18-22-17-33-19(2)27-22/h4-11,17H,3,12-16,18H2,1-2H3,(H,28,31). The van der Waals surface area contributed by atoms with Crippen LogP contribution in [0.1, 0.15) is 33.5 Å². The lowest BCUT2D eigenvalue weighted by Crippen LogP contribution is -2.50. The molecule has 6 nitrogen and oxygen atoms in total. The number of aromatic nitrogens is 1. The van der Waals surface area contributed by atoms with Gasteiger partial charge in [0, 0.05) is 53.5 Å². The molecular weight excluding hydrogens is 464 g/mol. The zero-order valence-electron chi connectivity index (χ0n) is 19.6. The molecule has 1 aromatic heterocycles. The molecule has 2 aromatic carbocycles. The fourth-order valence-corrected chi connectivity index (χ4v) is 5.47. The van der Waals surface area contributed by atoms with Crippen LogP contribution in [0.15, 0.2) is 58.8 Å². The number of hydrogen-bond donors (Lipinski definition) is 1. The zero-order valence-corrected chi connectivity index (χ0v) is 21.3. The van der Waals surface area contributed by atoms with Crippen molar-refractivity contribution in [2.24, 2.45) is 0 Å². The van der Waals surface area contributed by atoms with Gasteiger partial charge in [-0.25, -0.2) is 4.98 Å². The lowest BCUT2D eigenvalue weighted by atomic mass is 10.1. The normalized spacial score (nSPS) is 14.2. The van der Waals surface area contributed by atoms with Crippen molar-refractivity contribution in [1.82, 2.24) is 14.8 Å². The van der Waals surface area contributed by atoms with E-state index in [1.807, 2.05) is 60.4 Å². The number of aryl methyl sites for hydroxylation is 2. The highest BCUT2D eigenvalue weighted by atomic mass is 32.2. The summed E-state index contributed by atoms with van der Waals surface area (Å²) in [5.74, 6) is 0.867. The number of anilines is 1. The summed E-state index contributed by atoms with van der Waals surface area (Å²) in [4.78, 5) is 35.1. The van der Waals surface area contributed by atoms with Gasteiger partial charge >= 0.3 is 0 Å². The fourth-order valence-electron chi connectivity index (χ4n) is 3.96. The van der Waals surface area contributed by atoms with E-state index in [0.29, 0.717) is 38.3 Å².